The first kappa shape index (κ1) is 17.7. The first-order valence-corrected chi connectivity index (χ1v) is 8.95. The fraction of sp³-hybridized carbons (Fsp3) is 0.579. The van der Waals surface area contributed by atoms with E-state index in [1.165, 1.54) is 0 Å². The maximum atomic E-state index is 12.8. The lowest BCUT2D eigenvalue weighted by Gasteiger charge is -2.36. The molecule has 1 aromatic rings. The summed E-state index contributed by atoms with van der Waals surface area (Å²) in [6.45, 7) is 8.11. The Morgan fingerprint density at radius 2 is 1.80 bits per heavy atom. The Morgan fingerprint density at radius 1 is 1.16 bits per heavy atom. The number of anilines is 1. The number of nitrogens with zero attached hydrogens (tertiary/aromatic N) is 2. The molecule has 1 aromatic carbocycles. The van der Waals surface area contributed by atoms with E-state index < -0.39 is 0 Å². The number of benzene rings is 1. The number of morpholine rings is 1. The van der Waals surface area contributed by atoms with Crippen molar-refractivity contribution in [1.29, 1.82) is 0 Å². The molecule has 0 spiro atoms. The van der Waals surface area contributed by atoms with Gasteiger partial charge in [-0.3, -0.25) is 9.59 Å². The van der Waals surface area contributed by atoms with E-state index in [4.69, 9.17) is 9.47 Å². The molecule has 0 bridgehead atoms. The Kier molecular flexibility index (Phi) is 5.27. The smallest absolute Gasteiger partial charge is 0.228 e. The van der Waals surface area contributed by atoms with Gasteiger partial charge in [0, 0.05) is 31.7 Å². The fourth-order valence-electron chi connectivity index (χ4n) is 3.63. The monoisotopic (exact) mass is 346 g/mol. The number of carbonyl (C=O) groups is 2. The predicted molar refractivity (Wildman–Crippen MR) is 94.7 cm³/mol. The highest BCUT2D eigenvalue weighted by atomic mass is 16.5. The highest BCUT2D eigenvalue weighted by Crippen LogP contribution is 2.28. The van der Waals surface area contributed by atoms with E-state index in [9.17, 15) is 9.59 Å². The summed E-state index contributed by atoms with van der Waals surface area (Å²) in [4.78, 5) is 28.8. The van der Waals surface area contributed by atoms with E-state index >= 15 is 0 Å². The van der Waals surface area contributed by atoms with E-state index in [-0.39, 0.29) is 36.4 Å². The Hall–Kier alpha value is -2.08. The van der Waals surface area contributed by atoms with Crippen molar-refractivity contribution in [2.24, 2.45) is 5.92 Å². The van der Waals surface area contributed by atoms with Crippen LogP contribution in [0.25, 0.3) is 0 Å². The topological polar surface area (TPSA) is 59.1 Å². The molecule has 2 saturated heterocycles. The second-order valence-electron chi connectivity index (χ2n) is 6.83. The summed E-state index contributed by atoms with van der Waals surface area (Å²) in [5, 5.41) is 0. The molecule has 6 nitrogen and oxygen atoms in total. The molecule has 2 aliphatic heterocycles. The molecule has 2 aliphatic rings. The van der Waals surface area contributed by atoms with Crippen LogP contribution in [0.1, 0.15) is 27.2 Å². The minimum Gasteiger partial charge on any atom is -0.494 e. The van der Waals surface area contributed by atoms with Crippen LogP contribution in [-0.4, -0.2) is 55.2 Å². The lowest BCUT2D eigenvalue weighted by Crippen LogP contribution is -2.50. The van der Waals surface area contributed by atoms with Gasteiger partial charge in [0.1, 0.15) is 5.75 Å². The van der Waals surface area contributed by atoms with Crippen LogP contribution in [0.15, 0.2) is 24.3 Å². The first-order chi connectivity index (χ1) is 12.0. The summed E-state index contributed by atoms with van der Waals surface area (Å²) in [6.07, 6.45) is 0.339. The Balaban J connectivity index is 1.66. The van der Waals surface area contributed by atoms with Crippen molar-refractivity contribution in [1.82, 2.24) is 4.90 Å². The molecule has 3 rings (SSSR count). The number of rotatable bonds is 4. The Morgan fingerprint density at radius 3 is 2.40 bits per heavy atom. The van der Waals surface area contributed by atoms with Gasteiger partial charge >= 0.3 is 0 Å². The highest BCUT2D eigenvalue weighted by molar-refractivity contribution is 6.00. The van der Waals surface area contributed by atoms with Gasteiger partial charge in [-0.1, -0.05) is 0 Å². The van der Waals surface area contributed by atoms with Gasteiger partial charge in [-0.15, -0.1) is 0 Å². The van der Waals surface area contributed by atoms with E-state index in [1.807, 2.05) is 49.9 Å². The summed E-state index contributed by atoms with van der Waals surface area (Å²) in [5.41, 5.74) is 0.812. The molecule has 25 heavy (non-hydrogen) atoms. The second-order valence-corrected chi connectivity index (χ2v) is 6.83. The molecule has 3 atom stereocenters. The molecule has 2 amide bonds. The van der Waals surface area contributed by atoms with Crippen molar-refractivity contribution in [3.05, 3.63) is 24.3 Å². The Bertz CT molecular complexity index is 621. The third kappa shape index (κ3) is 3.95. The van der Waals surface area contributed by atoms with Gasteiger partial charge in [0.2, 0.25) is 11.8 Å². The quantitative estimate of drug-likeness (QED) is 0.837. The number of carbonyl (C=O) groups excluding carboxylic acids is 2. The van der Waals surface area contributed by atoms with E-state index in [1.54, 1.807) is 4.90 Å². The van der Waals surface area contributed by atoms with E-state index in [0.717, 1.165) is 11.4 Å². The number of hydrogen-bond donors (Lipinski definition) is 0. The lowest BCUT2D eigenvalue weighted by molar-refractivity contribution is -0.147. The fourth-order valence-corrected chi connectivity index (χ4v) is 3.63. The zero-order valence-electron chi connectivity index (χ0n) is 15.1. The molecule has 2 heterocycles. The molecule has 0 saturated carbocycles. The van der Waals surface area contributed by atoms with Crippen LogP contribution < -0.4 is 9.64 Å². The number of amides is 2. The first-order valence-electron chi connectivity index (χ1n) is 8.95. The summed E-state index contributed by atoms with van der Waals surface area (Å²) in [7, 11) is 0. The van der Waals surface area contributed by atoms with Gasteiger partial charge in [0.05, 0.1) is 24.7 Å². The van der Waals surface area contributed by atoms with Crippen molar-refractivity contribution in [2.75, 3.05) is 31.1 Å². The normalized spacial score (nSPS) is 26.8. The van der Waals surface area contributed by atoms with Gasteiger partial charge in [0.15, 0.2) is 0 Å². The number of hydrogen-bond acceptors (Lipinski definition) is 4. The van der Waals surface area contributed by atoms with E-state index in [2.05, 4.69) is 0 Å². The minimum absolute atomic E-state index is 0.00290. The van der Waals surface area contributed by atoms with Crippen LogP contribution in [0.4, 0.5) is 5.69 Å². The largest absolute Gasteiger partial charge is 0.494 e. The molecule has 0 unspecified atom stereocenters. The van der Waals surface area contributed by atoms with Gasteiger partial charge < -0.3 is 19.3 Å². The summed E-state index contributed by atoms with van der Waals surface area (Å²) in [6, 6.07) is 7.45. The summed E-state index contributed by atoms with van der Waals surface area (Å²) < 4.78 is 11.1. The van der Waals surface area contributed by atoms with Crippen molar-refractivity contribution in [2.45, 2.75) is 39.4 Å². The molecular formula is C19H26N2O4. The standard InChI is InChI=1S/C19H26N2O4/c1-4-24-17-7-5-16(6-8-17)21-12-15(9-18(21)22)19(23)20-10-13(2)25-14(3)11-20/h5-8,13-15H,4,9-12H2,1-3H3/t13-,14-,15+/m0/s1. The Labute approximate surface area is 148 Å². The average molecular weight is 346 g/mol. The molecule has 0 radical (unpaired) electrons. The average Bonchev–Trinajstić information content (AvgIpc) is 2.96. The minimum atomic E-state index is -0.281. The molecule has 136 valence electrons. The van der Waals surface area contributed by atoms with Crippen LogP contribution >= 0.6 is 0 Å². The van der Waals surface area contributed by atoms with E-state index in [0.29, 0.717) is 26.2 Å². The predicted octanol–water partition coefficient (Wildman–Crippen LogP) is 2.07. The molecule has 0 aliphatic carbocycles. The summed E-state index contributed by atoms with van der Waals surface area (Å²) >= 11 is 0. The van der Waals surface area contributed by atoms with Crippen LogP contribution in [0, 0.1) is 5.92 Å². The molecule has 6 heteroatoms. The maximum absolute atomic E-state index is 12.8. The third-order valence-corrected chi connectivity index (χ3v) is 4.66. The highest BCUT2D eigenvalue weighted by Gasteiger charge is 2.38. The molecular weight excluding hydrogens is 320 g/mol. The molecule has 0 aromatic heterocycles. The van der Waals surface area contributed by atoms with Gasteiger partial charge in [-0.05, 0) is 45.0 Å². The van der Waals surface area contributed by atoms with Crippen molar-refractivity contribution >= 4 is 17.5 Å². The zero-order valence-corrected chi connectivity index (χ0v) is 15.1. The lowest BCUT2D eigenvalue weighted by atomic mass is 10.1. The SMILES string of the molecule is CCOc1ccc(N2C[C@H](C(=O)N3C[C@H](C)O[C@@H](C)C3)CC2=O)cc1. The van der Waals surface area contributed by atoms with Crippen LogP contribution in [0.2, 0.25) is 0 Å². The van der Waals surface area contributed by atoms with Crippen molar-refractivity contribution in [3.8, 4) is 5.75 Å². The van der Waals surface area contributed by atoms with Crippen molar-refractivity contribution in [3.63, 3.8) is 0 Å². The zero-order chi connectivity index (χ0) is 18.0. The van der Waals surface area contributed by atoms with Crippen LogP contribution in [0.3, 0.4) is 0 Å². The van der Waals surface area contributed by atoms with Crippen LogP contribution in [0.5, 0.6) is 5.75 Å². The maximum Gasteiger partial charge on any atom is 0.228 e. The number of ether oxygens (including phenoxy) is 2. The van der Waals surface area contributed by atoms with Crippen molar-refractivity contribution < 1.29 is 19.1 Å². The third-order valence-electron chi connectivity index (χ3n) is 4.66. The van der Waals surface area contributed by atoms with Gasteiger partial charge in [0.25, 0.3) is 0 Å². The van der Waals surface area contributed by atoms with Crippen LogP contribution in [-0.2, 0) is 14.3 Å². The van der Waals surface area contributed by atoms with Gasteiger partial charge in [-0.2, -0.15) is 0 Å². The molecule has 0 N–H and O–H groups in total. The van der Waals surface area contributed by atoms with Gasteiger partial charge in [-0.25, -0.2) is 0 Å². The second kappa shape index (κ2) is 7.44. The summed E-state index contributed by atoms with van der Waals surface area (Å²) in [5.74, 6) is 0.555. The molecule has 2 fully saturated rings.